The zero-order valence-electron chi connectivity index (χ0n) is 14.6. The van der Waals surface area contributed by atoms with Crippen molar-refractivity contribution in [2.75, 3.05) is 13.1 Å². The lowest BCUT2D eigenvalue weighted by Gasteiger charge is -2.31. The van der Waals surface area contributed by atoms with Crippen LogP contribution in [0.4, 0.5) is 8.78 Å². The molecule has 1 N–H and O–H groups in total. The summed E-state index contributed by atoms with van der Waals surface area (Å²) in [5, 5.41) is 5.29. The van der Waals surface area contributed by atoms with Crippen LogP contribution in [-0.4, -0.2) is 36.7 Å². The molecule has 0 aliphatic carbocycles. The molecule has 27 heavy (non-hydrogen) atoms. The fourth-order valence-electron chi connectivity index (χ4n) is 2.99. The predicted octanol–water partition coefficient (Wildman–Crippen LogP) is 2.63. The third kappa shape index (κ3) is 4.50. The van der Waals surface area contributed by atoms with Crippen LogP contribution >= 0.6 is 11.3 Å². The number of nitrogens with zero attached hydrogens (tertiary/aromatic N) is 2. The summed E-state index contributed by atoms with van der Waals surface area (Å²) in [5.74, 6) is -2.17. The quantitative estimate of drug-likeness (QED) is 0.814. The first-order valence-corrected chi connectivity index (χ1v) is 10.7. The number of carbonyl (C=O) groups excluding carboxylic acids is 1. The molecular weight excluding hydrogens is 396 g/mol. The molecule has 10 heteroatoms. The van der Waals surface area contributed by atoms with Crippen molar-refractivity contribution >= 4 is 27.3 Å². The molecule has 1 atom stereocenters. The van der Waals surface area contributed by atoms with Crippen molar-refractivity contribution in [2.45, 2.75) is 37.1 Å². The lowest BCUT2D eigenvalue weighted by Crippen LogP contribution is -2.39. The van der Waals surface area contributed by atoms with Crippen molar-refractivity contribution in [1.82, 2.24) is 14.6 Å². The molecule has 0 spiro atoms. The number of sulfonamides is 1. The van der Waals surface area contributed by atoms with Crippen LogP contribution in [0.1, 0.15) is 36.4 Å². The summed E-state index contributed by atoms with van der Waals surface area (Å²) in [5.41, 5.74) is 0.717. The van der Waals surface area contributed by atoms with Crippen LogP contribution in [0.5, 0.6) is 0 Å². The number of amides is 1. The summed E-state index contributed by atoms with van der Waals surface area (Å²) < 4.78 is 53.9. The highest BCUT2D eigenvalue weighted by Crippen LogP contribution is 2.32. The first-order valence-electron chi connectivity index (χ1n) is 8.41. The van der Waals surface area contributed by atoms with E-state index >= 15 is 0 Å². The summed E-state index contributed by atoms with van der Waals surface area (Å²) in [4.78, 5) is 15.0. The van der Waals surface area contributed by atoms with Crippen molar-refractivity contribution in [3.8, 4) is 0 Å². The van der Waals surface area contributed by atoms with Crippen molar-refractivity contribution in [3.63, 3.8) is 0 Å². The summed E-state index contributed by atoms with van der Waals surface area (Å²) >= 11 is 1.41. The molecule has 6 nitrogen and oxygen atoms in total. The summed E-state index contributed by atoms with van der Waals surface area (Å²) in [6.07, 6.45) is 1.39. The predicted molar refractivity (Wildman–Crippen MR) is 96.7 cm³/mol. The molecule has 1 aliphatic rings. The summed E-state index contributed by atoms with van der Waals surface area (Å²) in [7, 11) is -4.05. The minimum Gasteiger partial charge on any atom is -0.351 e. The van der Waals surface area contributed by atoms with Crippen LogP contribution in [0.2, 0.25) is 0 Å². The molecule has 2 heterocycles. The maximum atomic E-state index is 14.0. The van der Waals surface area contributed by atoms with Crippen molar-refractivity contribution in [3.05, 3.63) is 45.9 Å². The number of rotatable bonds is 5. The van der Waals surface area contributed by atoms with Gasteiger partial charge in [-0.2, -0.15) is 4.31 Å². The highest BCUT2D eigenvalue weighted by molar-refractivity contribution is 7.89. The van der Waals surface area contributed by atoms with E-state index in [-0.39, 0.29) is 24.9 Å². The van der Waals surface area contributed by atoms with Crippen molar-refractivity contribution in [2.24, 2.45) is 0 Å². The number of thiazole rings is 1. The molecule has 1 saturated heterocycles. The molecule has 0 bridgehead atoms. The van der Waals surface area contributed by atoms with Gasteiger partial charge in [0.2, 0.25) is 15.9 Å². The van der Waals surface area contributed by atoms with Gasteiger partial charge in [0.05, 0.1) is 17.2 Å². The number of hydrogen-bond donors (Lipinski definition) is 1. The SMILES string of the molecule is CC(=O)NCc1csc(C2CCCN(S(=O)(=O)c3ccc(F)cc3F)C2)n1. The molecule has 0 saturated carbocycles. The lowest BCUT2D eigenvalue weighted by atomic mass is 10.0. The first-order chi connectivity index (χ1) is 12.8. The normalized spacial score (nSPS) is 18.4. The minimum atomic E-state index is -4.05. The lowest BCUT2D eigenvalue weighted by molar-refractivity contribution is -0.119. The van der Waals surface area contributed by atoms with Gasteiger partial charge in [0.1, 0.15) is 16.5 Å². The van der Waals surface area contributed by atoms with Crippen molar-refractivity contribution < 1.29 is 22.0 Å². The van der Waals surface area contributed by atoms with E-state index in [2.05, 4.69) is 10.3 Å². The molecule has 1 fully saturated rings. The van der Waals surface area contributed by atoms with Gasteiger partial charge in [-0.15, -0.1) is 11.3 Å². The highest BCUT2D eigenvalue weighted by Gasteiger charge is 2.33. The van der Waals surface area contributed by atoms with E-state index in [1.54, 1.807) is 0 Å². The summed E-state index contributed by atoms with van der Waals surface area (Å²) in [6.45, 7) is 2.21. The number of carbonyl (C=O) groups is 1. The monoisotopic (exact) mass is 415 g/mol. The summed E-state index contributed by atoms with van der Waals surface area (Å²) in [6, 6.07) is 2.47. The molecule has 2 aromatic rings. The van der Waals surface area contributed by atoms with Gasteiger partial charge in [-0.3, -0.25) is 4.79 Å². The van der Waals surface area contributed by atoms with Crippen LogP contribution < -0.4 is 5.32 Å². The standard InChI is InChI=1S/C17H19F2N3O3S2/c1-11(23)20-8-14-10-26-17(21-14)12-3-2-6-22(9-12)27(24,25)16-5-4-13(18)7-15(16)19/h4-5,7,10,12H,2-3,6,8-9H2,1H3,(H,20,23). The Kier molecular flexibility index (Phi) is 5.87. The van der Waals surface area contributed by atoms with E-state index < -0.39 is 26.6 Å². The van der Waals surface area contributed by atoms with E-state index in [0.29, 0.717) is 19.0 Å². The second kappa shape index (κ2) is 7.99. The molecule has 1 aromatic carbocycles. The molecular formula is C17H19F2N3O3S2. The molecule has 1 unspecified atom stereocenters. The zero-order valence-corrected chi connectivity index (χ0v) is 16.2. The highest BCUT2D eigenvalue weighted by atomic mass is 32.2. The Balaban J connectivity index is 1.76. The smallest absolute Gasteiger partial charge is 0.246 e. The largest absolute Gasteiger partial charge is 0.351 e. The van der Waals surface area contributed by atoms with Gasteiger partial charge in [0, 0.05) is 37.4 Å². The number of aromatic nitrogens is 1. The van der Waals surface area contributed by atoms with Gasteiger partial charge in [-0.05, 0) is 25.0 Å². The van der Waals surface area contributed by atoms with E-state index in [0.717, 1.165) is 29.3 Å². The topological polar surface area (TPSA) is 79.4 Å². The van der Waals surface area contributed by atoms with Gasteiger partial charge in [-0.25, -0.2) is 22.2 Å². The van der Waals surface area contributed by atoms with Crippen LogP contribution in [0.25, 0.3) is 0 Å². The minimum absolute atomic E-state index is 0.104. The van der Waals surface area contributed by atoms with Gasteiger partial charge in [0.15, 0.2) is 0 Å². The molecule has 1 aliphatic heterocycles. The number of benzene rings is 1. The Labute approximate surface area is 160 Å². The zero-order chi connectivity index (χ0) is 19.6. The fraction of sp³-hybridized carbons (Fsp3) is 0.412. The van der Waals surface area contributed by atoms with E-state index in [4.69, 9.17) is 0 Å². The van der Waals surface area contributed by atoms with E-state index in [1.165, 1.54) is 22.6 Å². The van der Waals surface area contributed by atoms with Crippen LogP contribution in [-0.2, 0) is 21.4 Å². The number of nitrogens with one attached hydrogen (secondary N) is 1. The molecule has 146 valence electrons. The van der Waals surface area contributed by atoms with Gasteiger partial charge >= 0.3 is 0 Å². The Morgan fingerprint density at radius 1 is 1.41 bits per heavy atom. The van der Waals surface area contributed by atoms with Gasteiger partial charge in [0.25, 0.3) is 0 Å². The second-order valence-electron chi connectivity index (χ2n) is 6.36. The second-order valence-corrected chi connectivity index (χ2v) is 9.16. The Hall–Kier alpha value is -1.91. The van der Waals surface area contributed by atoms with Gasteiger partial charge < -0.3 is 5.32 Å². The van der Waals surface area contributed by atoms with E-state index in [9.17, 15) is 22.0 Å². The maximum Gasteiger partial charge on any atom is 0.246 e. The van der Waals surface area contributed by atoms with Gasteiger partial charge in [-0.1, -0.05) is 0 Å². The first kappa shape index (κ1) is 19.8. The third-order valence-electron chi connectivity index (χ3n) is 4.33. The fourth-order valence-corrected chi connectivity index (χ4v) is 5.51. The van der Waals surface area contributed by atoms with Crippen LogP contribution in [0.15, 0.2) is 28.5 Å². The average molecular weight is 415 g/mol. The average Bonchev–Trinajstić information content (AvgIpc) is 3.09. The van der Waals surface area contributed by atoms with E-state index in [1.807, 2.05) is 5.38 Å². The number of halogens is 2. The Bertz CT molecular complexity index is 947. The van der Waals surface area contributed by atoms with Crippen molar-refractivity contribution in [1.29, 1.82) is 0 Å². The Morgan fingerprint density at radius 2 is 2.19 bits per heavy atom. The Morgan fingerprint density at radius 3 is 2.89 bits per heavy atom. The molecule has 1 aromatic heterocycles. The molecule has 0 radical (unpaired) electrons. The van der Waals surface area contributed by atoms with Crippen LogP contribution in [0.3, 0.4) is 0 Å². The number of hydrogen-bond acceptors (Lipinski definition) is 5. The maximum absolute atomic E-state index is 14.0. The third-order valence-corrected chi connectivity index (χ3v) is 7.29. The van der Waals surface area contributed by atoms with Crippen LogP contribution in [0, 0.1) is 11.6 Å². The molecule has 1 amide bonds. The molecule has 3 rings (SSSR count). The number of piperidine rings is 1.